The molecule has 3 heteroatoms. The fraction of sp³-hybridized carbons (Fsp3) is 0.211. The van der Waals surface area contributed by atoms with Gasteiger partial charge in [0.05, 0.1) is 12.7 Å². The molecule has 0 saturated carbocycles. The molecule has 0 amide bonds. The molecule has 1 aliphatic carbocycles. The SMILES string of the molecule is O=C(CCC1=C2C=CCC=C2C=CO1)OCc1ccccc1. The third kappa shape index (κ3) is 3.55. The number of carbonyl (C=O) groups excluding carboxylic acids is 1. The van der Waals surface area contributed by atoms with E-state index in [1.54, 1.807) is 6.26 Å². The van der Waals surface area contributed by atoms with Gasteiger partial charge in [-0.05, 0) is 23.6 Å². The maximum Gasteiger partial charge on any atom is 0.306 e. The Morgan fingerprint density at radius 2 is 2.05 bits per heavy atom. The number of benzene rings is 1. The van der Waals surface area contributed by atoms with E-state index in [0.717, 1.165) is 23.3 Å². The van der Waals surface area contributed by atoms with Crippen LogP contribution in [0.1, 0.15) is 24.8 Å². The van der Waals surface area contributed by atoms with Gasteiger partial charge in [-0.2, -0.15) is 0 Å². The Morgan fingerprint density at radius 1 is 1.18 bits per heavy atom. The minimum atomic E-state index is -0.208. The lowest BCUT2D eigenvalue weighted by Gasteiger charge is -2.19. The minimum absolute atomic E-state index is 0.208. The lowest BCUT2D eigenvalue weighted by molar-refractivity contribution is -0.145. The van der Waals surface area contributed by atoms with Crippen molar-refractivity contribution in [3.05, 3.63) is 83.4 Å². The molecule has 0 N–H and O–H groups in total. The third-order valence-corrected chi connectivity index (χ3v) is 3.63. The fourth-order valence-corrected chi connectivity index (χ4v) is 2.47. The zero-order chi connectivity index (χ0) is 15.2. The summed E-state index contributed by atoms with van der Waals surface area (Å²) in [7, 11) is 0. The molecule has 0 spiro atoms. The van der Waals surface area contributed by atoms with Crippen molar-refractivity contribution in [2.24, 2.45) is 0 Å². The normalized spacial score (nSPS) is 15.9. The van der Waals surface area contributed by atoms with Crippen LogP contribution in [0.2, 0.25) is 0 Å². The molecule has 3 nitrogen and oxygen atoms in total. The first-order valence-corrected chi connectivity index (χ1v) is 7.46. The van der Waals surface area contributed by atoms with Crippen LogP contribution >= 0.6 is 0 Å². The molecule has 22 heavy (non-hydrogen) atoms. The molecule has 0 bridgehead atoms. The van der Waals surface area contributed by atoms with Crippen LogP contribution in [0.4, 0.5) is 0 Å². The summed E-state index contributed by atoms with van der Waals surface area (Å²) in [5, 5.41) is 0. The van der Waals surface area contributed by atoms with Gasteiger partial charge in [0, 0.05) is 12.0 Å². The zero-order valence-electron chi connectivity index (χ0n) is 12.3. The molecule has 1 aromatic rings. The summed E-state index contributed by atoms with van der Waals surface area (Å²) in [5.41, 5.74) is 3.24. The second-order valence-corrected chi connectivity index (χ2v) is 5.20. The fourth-order valence-electron chi connectivity index (χ4n) is 2.47. The summed E-state index contributed by atoms with van der Waals surface area (Å²) in [6.07, 6.45) is 11.8. The number of fused-ring (bicyclic) bond motifs is 1. The van der Waals surface area contributed by atoms with E-state index >= 15 is 0 Å². The van der Waals surface area contributed by atoms with Crippen molar-refractivity contribution in [3.63, 3.8) is 0 Å². The van der Waals surface area contributed by atoms with E-state index in [9.17, 15) is 4.79 Å². The van der Waals surface area contributed by atoms with Gasteiger partial charge >= 0.3 is 5.97 Å². The predicted octanol–water partition coefficient (Wildman–Crippen LogP) is 4.19. The number of esters is 1. The maximum absolute atomic E-state index is 11.9. The molecule has 1 aromatic carbocycles. The Bertz CT molecular complexity index is 663. The number of allylic oxidation sites excluding steroid dienone is 7. The van der Waals surface area contributed by atoms with E-state index < -0.39 is 0 Å². The molecule has 1 heterocycles. The molecule has 0 aromatic heterocycles. The maximum atomic E-state index is 11.9. The first-order chi connectivity index (χ1) is 10.8. The highest BCUT2D eigenvalue weighted by Crippen LogP contribution is 2.29. The van der Waals surface area contributed by atoms with Crippen molar-refractivity contribution in [2.75, 3.05) is 0 Å². The van der Waals surface area contributed by atoms with Crippen LogP contribution in [-0.2, 0) is 20.9 Å². The first kappa shape index (κ1) is 14.4. The summed E-state index contributed by atoms with van der Waals surface area (Å²) in [6, 6.07) is 9.69. The average molecular weight is 294 g/mol. The lowest BCUT2D eigenvalue weighted by Crippen LogP contribution is -2.08. The van der Waals surface area contributed by atoms with E-state index in [4.69, 9.17) is 9.47 Å². The number of rotatable bonds is 5. The summed E-state index contributed by atoms with van der Waals surface area (Å²) in [4.78, 5) is 11.9. The van der Waals surface area contributed by atoms with Gasteiger partial charge < -0.3 is 9.47 Å². The van der Waals surface area contributed by atoms with Crippen molar-refractivity contribution in [3.8, 4) is 0 Å². The first-order valence-electron chi connectivity index (χ1n) is 7.46. The van der Waals surface area contributed by atoms with Crippen molar-refractivity contribution in [1.82, 2.24) is 0 Å². The average Bonchev–Trinajstić information content (AvgIpc) is 2.59. The Hall–Kier alpha value is -2.55. The van der Waals surface area contributed by atoms with Crippen LogP contribution in [0.15, 0.2) is 77.8 Å². The summed E-state index contributed by atoms with van der Waals surface area (Å²) in [6.45, 7) is 0.317. The molecule has 0 saturated heterocycles. The summed E-state index contributed by atoms with van der Waals surface area (Å²) < 4.78 is 10.8. The highest BCUT2D eigenvalue weighted by Gasteiger charge is 2.16. The van der Waals surface area contributed by atoms with Crippen LogP contribution in [0.3, 0.4) is 0 Å². The Kier molecular flexibility index (Phi) is 4.54. The van der Waals surface area contributed by atoms with Gasteiger partial charge in [-0.3, -0.25) is 4.79 Å². The van der Waals surface area contributed by atoms with E-state index in [1.165, 1.54) is 5.57 Å². The number of hydrogen-bond donors (Lipinski definition) is 0. The standard InChI is InChI=1S/C19H18O3/c20-19(22-14-15-6-2-1-3-7-15)11-10-18-17-9-5-4-8-16(17)12-13-21-18/h1-3,5-9,12-13H,4,10-11,14H2. The molecule has 0 fully saturated rings. The highest BCUT2D eigenvalue weighted by molar-refractivity contribution is 5.70. The van der Waals surface area contributed by atoms with Crippen molar-refractivity contribution < 1.29 is 14.3 Å². The minimum Gasteiger partial charge on any atom is -0.469 e. The molecule has 0 radical (unpaired) electrons. The van der Waals surface area contributed by atoms with Gasteiger partial charge in [0.2, 0.25) is 0 Å². The molecule has 112 valence electrons. The van der Waals surface area contributed by atoms with Crippen molar-refractivity contribution >= 4 is 5.97 Å². The van der Waals surface area contributed by atoms with E-state index in [2.05, 4.69) is 18.2 Å². The van der Waals surface area contributed by atoms with Gasteiger partial charge in [-0.1, -0.05) is 48.6 Å². The van der Waals surface area contributed by atoms with Crippen molar-refractivity contribution in [2.45, 2.75) is 25.9 Å². The number of hydrogen-bond acceptors (Lipinski definition) is 3. The molecule has 1 aliphatic heterocycles. The van der Waals surface area contributed by atoms with Crippen LogP contribution in [0.5, 0.6) is 0 Å². The molecule has 3 rings (SSSR count). The summed E-state index contributed by atoms with van der Waals surface area (Å²) in [5.74, 6) is 0.627. The largest absolute Gasteiger partial charge is 0.469 e. The molecule has 0 atom stereocenters. The molecular formula is C19H18O3. The second kappa shape index (κ2) is 6.94. The highest BCUT2D eigenvalue weighted by atomic mass is 16.5. The molecule has 0 unspecified atom stereocenters. The van der Waals surface area contributed by atoms with E-state index in [0.29, 0.717) is 19.4 Å². The monoisotopic (exact) mass is 294 g/mol. The van der Waals surface area contributed by atoms with Gasteiger partial charge in [-0.25, -0.2) is 0 Å². The topological polar surface area (TPSA) is 35.5 Å². The van der Waals surface area contributed by atoms with Crippen LogP contribution in [-0.4, -0.2) is 5.97 Å². The van der Waals surface area contributed by atoms with E-state index in [1.807, 2.05) is 36.4 Å². The van der Waals surface area contributed by atoms with Crippen molar-refractivity contribution in [1.29, 1.82) is 0 Å². The van der Waals surface area contributed by atoms with Crippen LogP contribution < -0.4 is 0 Å². The predicted molar refractivity (Wildman–Crippen MR) is 84.6 cm³/mol. The number of carbonyl (C=O) groups is 1. The smallest absolute Gasteiger partial charge is 0.306 e. The van der Waals surface area contributed by atoms with E-state index in [-0.39, 0.29) is 5.97 Å². The van der Waals surface area contributed by atoms with Gasteiger partial charge in [0.15, 0.2) is 0 Å². The quantitative estimate of drug-likeness (QED) is 0.764. The molecular weight excluding hydrogens is 276 g/mol. The third-order valence-electron chi connectivity index (χ3n) is 3.63. The zero-order valence-corrected chi connectivity index (χ0v) is 12.3. The second-order valence-electron chi connectivity index (χ2n) is 5.20. The number of ether oxygens (including phenoxy) is 2. The van der Waals surface area contributed by atoms with Crippen LogP contribution in [0, 0.1) is 0 Å². The van der Waals surface area contributed by atoms with Gasteiger partial charge in [0.25, 0.3) is 0 Å². The molecule has 2 aliphatic rings. The van der Waals surface area contributed by atoms with Gasteiger partial charge in [0.1, 0.15) is 12.4 Å². The van der Waals surface area contributed by atoms with Gasteiger partial charge in [-0.15, -0.1) is 0 Å². The Balaban J connectivity index is 1.53. The Labute approximate surface area is 130 Å². The lowest BCUT2D eigenvalue weighted by atomic mass is 9.96. The van der Waals surface area contributed by atoms with Crippen LogP contribution in [0.25, 0.3) is 0 Å². The Morgan fingerprint density at radius 3 is 2.91 bits per heavy atom. The summed E-state index contributed by atoms with van der Waals surface area (Å²) >= 11 is 0.